The molecule has 0 fully saturated rings. The lowest BCUT2D eigenvalue weighted by Gasteiger charge is -2.03. The molecule has 1 aromatic carbocycles. The van der Waals surface area contributed by atoms with Crippen LogP contribution in [0.15, 0.2) is 45.4 Å². The second-order valence-electron chi connectivity index (χ2n) is 3.69. The third-order valence-electron chi connectivity index (χ3n) is 2.57. The zero-order valence-corrected chi connectivity index (χ0v) is 11.1. The number of methoxy groups -OCH3 is 1. The topological polar surface area (TPSA) is 48.2 Å². The molecule has 0 radical (unpaired) electrons. The summed E-state index contributed by atoms with van der Waals surface area (Å²) in [6.45, 7) is 0. The molecule has 0 aliphatic carbocycles. The van der Waals surface area contributed by atoms with Crippen LogP contribution in [0.3, 0.4) is 0 Å². The molecule has 3 aromatic rings. The third-order valence-corrected chi connectivity index (χ3v) is 3.26. The normalized spacial score (nSPS) is 10.8. The Balaban J connectivity index is 2.19. The Hall–Kier alpha value is -1.88. The van der Waals surface area contributed by atoms with Gasteiger partial charge in [-0.1, -0.05) is 0 Å². The Morgan fingerprint density at radius 3 is 2.94 bits per heavy atom. The molecule has 5 heteroatoms. The average Bonchev–Trinajstić information content (AvgIpc) is 2.82. The Bertz CT molecular complexity index is 676. The predicted molar refractivity (Wildman–Crippen MR) is 71.5 cm³/mol. The number of ether oxygens (including phenoxy) is 1. The molecule has 4 nitrogen and oxygen atoms in total. The molecule has 0 aliphatic heterocycles. The van der Waals surface area contributed by atoms with E-state index < -0.39 is 0 Å². The number of hydrogen-bond donors (Lipinski definition) is 0. The van der Waals surface area contributed by atoms with E-state index in [4.69, 9.17) is 9.15 Å². The second-order valence-corrected chi connectivity index (χ2v) is 4.54. The molecule has 0 bridgehead atoms. The highest BCUT2D eigenvalue weighted by Crippen LogP contribution is 2.32. The first kappa shape index (κ1) is 11.2. The molecule has 0 amide bonds. The maximum absolute atomic E-state index is 5.68. The minimum atomic E-state index is 0.523. The van der Waals surface area contributed by atoms with Gasteiger partial charge < -0.3 is 9.15 Å². The molecule has 18 heavy (non-hydrogen) atoms. The van der Waals surface area contributed by atoms with Crippen molar-refractivity contribution in [2.24, 2.45) is 0 Å². The van der Waals surface area contributed by atoms with Gasteiger partial charge in [0.15, 0.2) is 11.2 Å². The van der Waals surface area contributed by atoms with Gasteiger partial charge in [-0.2, -0.15) is 4.98 Å². The summed E-state index contributed by atoms with van der Waals surface area (Å²) in [5.74, 6) is 1.28. The van der Waals surface area contributed by atoms with E-state index in [0.29, 0.717) is 17.1 Å². The first-order valence-corrected chi connectivity index (χ1v) is 6.12. The highest BCUT2D eigenvalue weighted by Gasteiger charge is 2.12. The van der Waals surface area contributed by atoms with Gasteiger partial charge in [0, 0.05) is 10.7 Å². The van der Waals surface area contributed by atoms with Crippen molar-refractivity contribution in [3.05, 3.63) is 41.0 Å². The molecule has 0 spiro atoms. The van der Waals surface area contributed by atoms with Gasteiger partial charge in [-0.25, -0.2) is 4.98 Å². The number of oxazole rings is 1. The molecule has 2 aromatic heterocycles. The summed E-state index contributed by atoms with van der Waals surface area (Å²) >= 11 is 3.48. The van der Waals surface area contributed by atoms with Gasteiger partial charge in [-0.15, -0.1) is 0 Å². The number of halogens is 1. The van der Waals surface area contributed by atoms with E-state index in [-0.39, 0.29) is 0 Å². The number of rotatable bonds is 2. The molecule has 2 heterocycles. The Kier molecular flexibility index (Phi) is 2.76. The van der Waals surface area contributed by atoms with Crippen molar-refractivity contribution in [1.82, 2.24) is 9.97 Å². The van der Waals surface area contributed by atoms with Crippen LogP contribution in [0.1, 0.15) is 0 Å². The fraction of sp³-hybridized carbons (Fsp3) is 0.0769. The summed E-state index contributed by atoms with van der Waals surface area (Å²) in [6.07, 6.45) is 1.69. The van der Waals surface area contributed by atoms with E-state index in [1.165, 1.54) is 0 Å². The molecular formula is C13H9BrN2O2. The van der Waals surface area contributed by atoms with E-state index in [0.717, 1.165) is 15.8 Å². The van der Waals surface area contributed by atoms with E-state index in [1.807, 2.05) is 30.3 Å². The quantitative estimate of drug-likeness (QED) is 0.725. The summed E-state index contributed by atoms with van der Waals surface area (Å²) < 4.78 is 11.8. The number of benzene rings is 1. The summed E-state index contributed by atoms with van der Waals surface area (Å²) in [5, 5.41) is 0. The molecule has 3 rings (SSSR count). The molecule has 0 N–H and O–H groups in total. The molecule has 0 saturated carbocycles. The van der Waals surface area contributed by atoms with Gasteiger partial charge in [0.25, 0.3) is 0 Å². The van der Waals surface area contributed by atoms with Crippen molar-refractivity contribution in [2.75, 3.05) is 7.11 Å². The number of pyridine rings is 1. The largest absolute Gasteiger partial charge is 0.497 e. The van der Waals surface area contributed by atoms with Crippen LogP contribution in [0.4, 0.5) is 0 Å². The third kappa shape index (κ3) is 1.86. The lowest BCUT2D eigenvalue weighted by atomic mass is 10.2. The maximum atomic E-state index is 5.68. The van der Waals surface area contributed by atoms with Crippen molar-refractivity contribution in [2.45, 2.75) is 0 Å². The number of fused-ring (bicyclic) bond motifs is 1. The lowest BCUT2D eigenvalue weighted by molar-refractivity contribution is 0.414. The number of hydrogen-bond acceptors (Lipinski definition) is 4. The van der Waals surface area contributed by atoms with Gasteiger partial charge in [0.05, 0.1) is 12.7 Å². The number of aromatic nitrogens is 2. The molecule has 0 unspecified atom stereocenters. The van der Waals surface area contributed by atoms with Crippen molar-refractivity contribution in [3.63, 3.8) is 0 Å². The molecule has 0 aliphatic rings. The summed E-state index contributed by atoms with van der Waals surface area (Å²) in [4.78, 5) is 8.50. The van der Waals surface area contributed by atoms with Gasteiger partial charge in [-0.05, 0) is 46.3 Å². The van der Waals surface area contributed by atoms with Crippen molar-refractivity contribution in [1.29, 1.82) is 0 Å². The monoisotopic (exact) mass is 304 g/mol. The zero-order valence-electron chi connectivity index (χ0n) is 9.55. The Morgan fingerprint density at radius 2 is 2.17 bits per heavy atom. The molecule has 0 saturated heterocycles. The lowest BCUT2D eigenvalue weighted by Crippen LogP contribution is -1.85. The van der Waals surface area contributed by atoms with Crippen LogP contribution in [0.2, 0.25) is 0 Å². The Morgan fingerprint density at radius 1 is 1.28 bits per heavy atom. The summed E-state index contributed by atoms with van der Waals surface area (Å²) in [6, 6.07) is 9.30. The smallest absolute Gasteiger partial charge is 0.230 e. The standard InChI is InChI=1S/C13H9BrN2O2/c1-17-8-4-5-10(14)9(7-8)13-16-12-11(18-13)3-2-6-15-12/h2-7H,1H3. The maximum Gasteiger partial charge on any atom is 0.230 e. The van der Waals surface area contributed by atoms with Crippen molar-refractivity contribution >= 4 is 27.2 Å². The van der Waals surface area contributed by atoms with Crippen LogP contribution in [0, 0.1) is 0 Å². The minimum absolute atomic E-state index is 0.523. The van der Waals surface area contributed by atoms with E-state index in [9.17, 15) is 0 Å². The van der Waals surface area contributed by atoms with E-state index in [2.05, 4.69) is 25.9 Å². The number of nitrogens with zero attached hydrogens (tertiary/aromatic N) is 2. The second kappa shape index (κ2) is 4.42. The van der Waals surface area contributed by atoms with E-state index >= 15 is 0 Å². The van der Waals surface area contributed by atoms with Gasteiger partial charge in [-0.3, -0.25) is 0 Å². The zero-order chi connectivity index (χ0) is 12.5. The highest BCUT2D eigenvalue weighted by atomic mass is 79.9. The van der Waals surface area contributed by atoms with Crippen LogP contribution in [-0.2, 0) is 0 Å². The molecule has 90 valence electrons. The summed E-state index contributed by atoms with van der Waals surface area (Å²) in [5.41, 5.74) is 2.11. The van der Waals surface area contributed by atoms with Crippen LogP contribution in [0.25, 0.3) is 22.7 Å². The van der Waals surface area contributed by atoms with Crippen LogP contribution >= 0.6 is 15.9 Å². The fourth-order valence-corrected chi connectivity index (χ4v) is 2.10. The van der Waals surface area contributed by atoms with Crippen molar-refractivity contribution < 1.29 is 9.15 Å². The minimum Gasteiger partial charge on any atom is -0.497 e. The van der Waals surface area contributed by atoms with Crippen LogP contribution in [-0.4, -0.2) is 17.1 Å². The first-order chi connectivity index (χ1) is 8.78. The van der Waals surface area contributed by atoms with Gasteiger partial charge in [0.1, 0.15) is 5.75 Å². The Labute approximate surface area is 112 Å². The highest BCUT2D eigenvalue weighted by molar-refractivity contribution is 9.10. The predicted octanol–water partition coefficient (Wildman–Crippen LogP) is 3.66. The fourth-order valence-electron chi connectivity index (χ4n) is 1.68. The van der Waals surface area contributed by atoms with Crippen molar-refractivity contribution in [3.8, 4) is 17.2 Å². The summed E-state index contributed by atoms with van der Waals surface area (Å²) in [7, 11) is 1.63. The first-order valence-electron chi connectivity index (χ1n) is 5.33. The van der Waals surface area contributed by atoms with Gasteiger partial charge >= 0.3 is 0 Å². The van der Waals surface area contributed by atoms with E-state index in [1.54, 1.807) is 13.3 Å². The molecular weight excluding hydrogens is 296 g/mol. The average molecular weight is 305 g/mol. The van der Waals surface area contributed by atoms with Crippen LogP contribution < -0.4 is 4.74 Å². The SMILES string of the molecule is COc1ccc(Br)c(-c2nc3ncccc3o2)c1. The molecule has 0 atom stereocenters. The van der Waals surface area contributed by atoms with Gasteiger partial charge in [0.2, 0.25) is 5.89 Å². The van der Waals surface area contributed by atoms with Crippen LogP contribution in [0.5, 0.6) is 5.75 Å².